The molecule has 158 valence electrons. The first-order valence-corrected chi connectivity index (χ1v) is 13.3. The van der Waals surface area contributed by atoms with Crippen LogP contribution in [0, 0.1) is 0 Å². The topological polar surface area (TPSA) is 69.3 Å². The van der Waals surface area contributed by atoms with Crippen LogP contribution in [0.4, 0.5) is 0 Å². The van der Waals surface area contributed by atoms with Gasteiger partial charge in [-0.3, -0.25) is 0 Å². The number of thiazole rings is 1. The van der Waals surface area contributed by atoms with E-state index in [4.69, 9.17) is 48.6 Å². The van der Waals surface area contributed by atoms with Crippen LogP contribution >= 0.6 is 57.2 Å². The quantitative estimate of drug-likeness (QED) is 0.201. The van der Waals surface area contributed by atoms with Gasteiger partial charge in [0.05, 0.1) is 26.6 Å². The molecule has 0 aliphatic heterocycles. The van der Waals surface area contributed by atoms with Gasteiger partial charge in [0, 0.05) is 41.9 Å². The molecule has 2 heterocycles. The second-order valence-electron chi connectivity index (χ2n) is 5.58. The first kappa shape index (κ1) is 23.6. The molecule has 0 spiro atoms. The highest BCUT2D eigenvalue weighted by atomic mass is 79.9. The number of H-pyrrole nitrogens is 1. The van der Waals surface area contributed by atoms with Crippen molar-refractivity contribution < 1.29 is 13.6 Å². The minimum atomic E-state index is -2.79. The van der Waals surface area contributed by atoms with Crippen LogP contribution in [0.25, 0.3) is 22.6 Å². The number of halogens is 3. The van der Waals surface area contributed by atoms with E-state index < -0.39 is 6.72 Å². The molecule has 0 aliphatic rings. The fourth-order valence-corrected chi connectivity index (χ4v) is 4.60. The van der Waals surface area contributed by atoms with Gasteiger partial charge in [0.2, 0.25) is 0 Å². The van der Waals surface area contributed by atoms with E-state index in [9.17, 15) is 0 Å². The van der Waals surface area contributed by atoms with Gasteiger partial charge < -0.3 is 18.6 Å². The van der Waals surface area contributed by atoms with E-state index in [0.717, 1.165) is 22.6 Å². The molecule has 4 aromatic rings. The molecule has 0 saturated carbocycles. The summed E-state index contributed by atoms with van der Waals surface area (Å²) in [6.07, 6.45) is 0. The Labute approximate surface area is 200 Å². The van der Waals surface area contributed by atoms with Crippen molar-refractivity contribution in [1.82, 2.24) is 15.0 Å². The zero-order valence-corrected chi connectivity index (χ0v) is 21.3. The van der Waals surface area contributed by atoms with Gasteiger partial charge >= 0.3 is 6.72 Å². The van der Waals surface area contributed by atoms with Crippen molar-refractivity contribution in [2.45, 2.75) is 0 Å². The van der Waals surface area contributed by atoms with Crippen LogP contribution in [0.2, 0.25) is 10.0 Å². The second-order valence-corrected chi connectivity index (χ2v) is 11.1. The van der Waals surface area contributed by atoms with Gasteiger partial charge in [0.25, 0.3) is 0 Å². The predicted molar refractivity (Wildman–Crippen MR) is 130 cm³/mol. The van der Waals surface area contributed by atoms with Gasteiger partial charge in [0.1, 0.15) is 11.4 Å². The third-order valence-electron chi connectivity index (χ3n) is 3.70. The Morgan fingerprint density at radius 2 is 1.87 bits per heavy atom. The van der Waals surface area contributed by atoms with Crippen LogP contribution in [-0.2, 0) is 20.9 Å². The molecule has 0 saturated heterocycles. The number of fused-ring (bicyclic) bond motifs is 1. The van der Waals surface area contributed by atoms with Gasteiger partial charge in [-0.25, -0.2) is 9.97 Å². The SMILES string of the molecule is COP(=S)(OC)Oc1cc(Cl)c(Br)cc1Cl.c1ccc2[nH]c(-c3cscn3)nc2c1. The molecule has 0 aliphatic carbocycles. The molecular weight excluding hydrogens is 552 g/mol. The summed E-state index contributed by atoms with van der Waals surface area (Å²) in [5.74, 6) is 1.18. The molecule has 6 nitrogen and oxygen atoms in total. The molecule has 1 N–H and O–H groups in total. The first-order valence-electron chi connectivity index (χ1n) is 8.24. The van der Waals surface area contributed by atoms with E-state index in [1.807, 2.05) is 35.2 Å². The largest absolute Gasteiger partial charge is 0.422 e. The van der Waals surface area contributed by atoms with Crippen molar-refractivity contribution in [3.63, 3.8) is 0 Å². The monoisotopic (exact) mass is 565 g/mol. The van der Waals surface area contributed by atoms with E-state index in [2.05, 4.69) is 30.9 Å². The third-order valence-corrected chi connectivity index (χ3v) is 8.21. The summed E-state index contributed by atoms with van der Waals surface area (Å²) >= 11 is 21.7. The standard InChI is InChI=1S/C10H7N3S.C8H8BrCl2O3PS/c1-2-4-8-7(3-1)12-10(13-8)9-5-14-6-11-9;1-12-15(16,13-2)14-8-4-6(10)5(9)3-7(8)11/h1-6H,(H,12,13);3-4H,1-2H3. The minimum Gasteiger partial charge on any atom is -0.422 e. The average molecular weight is 567 g/mol. The number of aromatic amines is 1. The van der Waals surface area contributed by atoms with Gasteiger partial charge in [0.15, 0.2) is 5.82 Å². The molecule has 0 atom stereocenters. The Bertz CT molecular complexity index is 1150. The summed E-state index contributed by atoms with van der Waals surface area (Å²) in [6, 6.07) is 11.1. The normalized spacial score (nSPS) is 11.2. The van der Waals surface area contributed by atoms with Crippen molar-refractivity contribution in [2.75, 3.05) is 14.2 Å². The molecular formula is C18H15BrCl2N3O3PS2. The highest BCUT2D eigenvalue weighted by molar-refractivity contribution is 9.10. The average Bonchev–Trinajstić information content (AvgIpc) is 3.42. The molecule has 2 aromatic heterocycles. The molecule has 30 heavy (non-hydrogen) atoms. The lowest BCUT2D eigenvalue weighted by Gasteiger charge is -2.19. The lowest BCUT2D eigenvalue weighted by atomic mass is 10.3. The first-order chi connectivity index (χ1) is 14.3. The van der Waals surface area contributed by atoms with Gasteiger partial charge in [-0.15, -0.1) is 11.3 Å². The van der Waals surface area contributed by atoms with Crippen LogP contribution in [0.1, 0.15) is 0 Å². The summed E-state index contributed by atoms with van der Waals surface area (Å²) in [5.41, 5.74) is 4.75. The van der Waals surface area contributed by atoms with Crippen LogP contribution in [0.15, 0.2) is 51.8 Å². The fraction of sp³-hybridized carbons (Fsp3) is 0.111. The number of para-hydroxylation sites is 2. The Balaban J connectivity index is 0.000000171. The summed E-state index contributed by atoms with van der Waals surface area (Å²) in [5, 5.41) is 2.82. The predicted octanol–water partition coefficient (Wildman–Crippen LogP) is 7.34. The summed E-state index contributed by atoms with van der Waals surface area (Å²) < 4.78 is 16.1. The molecule has 2 aromatic carbocycles. The maximum absolute atomic E-state index is 5.97. The number of nitrogens with zero attached hydrogens (tertiary/aromatic N) is 2. The second kappa shape index (κ2) is 10.5. The number of hydrogen-bond donors (Lipinski definition) is 1. The smallest absolute Gasteiger partial charge is 0.380 e. The Hall–Kier alpha value is -1.03. The highest BCUT2D eigenvalue weighted by Gasteiger charge is 2.20. The number of hydrogen-bond acceptors (Lipinski definition) is 7. The van der Waals surface area contributed by atoms with Crippen LogP contribution in [-0.4, -0.2) is 29.2 Å². The number of imidazole rings is 1. The molecule has 0 unspecified atom stereocenters. The summed E-state index contributed by atoms with van der Waals surface area (Å²) in [6.45, 7) is -2.79. The van der Waals surface area contributed by atoms with E-state index in [0.29, 0.717) is 20.3 Å². The van der Waals surface area contributed by atoms with E-state index in [1.54, 1.807) is 23.5 Å². The lowest BCUT2D eigenvalue weighted by Crippen LogP contribution is -1.97. The molecule has 0 fully saturated rings. The van der Waals surface area contributed by atoms with Gasteiger partial charge in [-0.2, -0.15) is 0 Å². The van der Waals surface area contributed by atoms with E-state index in [-0.39, 0.29) is 0 Å². The number of aromatic nitrogens is 3. The Morgan fingerprint density at radius 1 is 1.13 bits per heavy atom. The zero-order chi connectivity index (χ0) is 21.7. The molecule has 0 bridgehead atoms. The number of benzene rings is 2. The lowest BCUT2D eigenvalue weighted by molar-refractivity contribution is 0.273. The third kappa shape index (κ3) is 5.81. The Kier molecular flexibility index (Phi) is 8.29. The molecule has 12 heteroatoms. The summed E-state index contributed by atoms with van der Waals surface area (Å²) in [4.78, 5) is 11.9. The Morgan fingerprint density at radius 3 is 2.50 bits per heavy atom. The maximum atomic E-state index is 5.97. The van der Waals surface area contributed by atoms with E-state index >= 15 is 0 Å². The highest BCUT2D eigenvalue weighted by Crippen LogP contribution is 2.50. The minimum absolute atomic E-state index is 0.335. The van der Waals surface area contributed by atoms with Crippen LogP contribution in [0.3, 0.4) is 0 Å². The zero-order valence-electron chi connectivity index (χ0n) is 15.6. The maximum Gasteiger partial charge on any atom is 0.380 e. The van der Waals surface area contributed by atoms with Gasteiger partial charge in [-0.1, -0.05) is 35.3 Å². The fourth-order valence-electron chi connectivity index (χ4n) is 2.25. The van der Waals surface area contributed by atoms with Crippen molar-refractivity contribution in [3.05, 3.63) is 61.8 Å². The number of nitrogens with one attached hydrogen (secondary N) is 1. The van der Waals surface area contributed by atoms with Crippen LogP contribution < -0.4 is 4.52 Å². The number of rotatable bonds is 5. The van der Waals surface area contributed by atoms with Crippen LogP contribution in [0.5, 0.6) is 5.75 Å². The summed E-state index contributed by atoms with van der Waals surface area (Å²) in [7, 11) is 2.83. The van der Waals surface area contributed by atoms with E-state index in [1.165, 1.54) is 14.2 Å². The van der Waals surface area contributed by atoms with Crippen molar-refractivity contribution in [1.29, 1.82) is 0 Å². The molecule has 0 amide bonds. The van der Waals surface area contributed by atoms with Crippen molar-refractivity contribution in [3.8, 4) is 17.3 Å². The molecule has 4 rings (SSSR count). The van der Waals surface area contributed by atoms with Gasteiger partial charge in [-0.05, 0) is 34.1 Å². The van der Waals surface area contributed by atoms with Crippen molar-refractivity contribution >= 4 is 80.0 Å². The molecule has 0 radical (unpaired) electrons. The van der Waals surface area contributed by atoms with Crippen molar-refractivity contribution in [2.24, 2.45) is 0 Å².